The Kier molecular flexibility index (Phi) is 5.11. The van der Waals surface area contributed by atoms with E-state index in [1.54, 1.807) is 6.07 Å². The first kappa shape index (κ1) is 17.9. The summed E-state index contributed by atoms with van der Waals surface area (Å²) in [6, 6.07) is 9.12. The summed E-state index contributed by atoms with van der Waals surface area (Å²) in [5.41, 5.74) is 1.52. The quantitative estimate of drug-likeness (QED) is 0.790. The van der Waals surface area contributed by atoms with Gasteiger partial charge in [-0.3, -0.25) is 9.79 Å². The van der Waals surface area contributed by atoms with Crippen LogP contribution in [0.2, 0.25) is 5.02 Å². The number of pyridine rings is 1. The first-order chi connectivity index (χ1) is 11.9. The number of benzene rings is 1. The van der Waals surface area contributed by atoms with E-state index in [2.05, 4.69) is 10.3 Å². The van der Waals surface area contributed by atoms with E-state index in [1.807, 2.05) is 31.2 Å². The maximum Gasteiger partial charge on any atom is 0.222 e. The zero-order valence-electron chi connectivity index (χ0n) is 13.8. The Hall–Kier alpha value is -1.92. The second kappa shape index (κ2) is 7.14. The molecule has 1 atom stereocenters. The number of rotatable bonds is 2. The standard InChI is InChI=1S/C18H17ClFN3OS/c1-11(24)22-17-23-18(2,6-7-25-17)13-5-3-4-12(8-13)15-9-14(19)10-21-16(15)20/h3-5,8-10H,6-7H2,1-2H3,(H,22,23,24). The number of thioether (sulfide) groups is 1. The summed E-state index contributed by atoms with van der Waals surface area (Å²) < 4.78 is 14.1. The number of hydrogen-bond acceptors (Lipinski definition) is 4. The van der Waals surface area contributed by atoms with E-state index in [1.165, 1.54) is 24.9 Å². The third-order valence-corrected chi connectivity index (χ3v) is 5.14. The molecule has 0 radical (unpaired) electrons. The van der Waals surface area contributed by atoms with Crippen molar-refractivity contribution in [2.45, 2.75) is 25.8 Å². The van der Waals surface area contributed by atoms with E-state index in [-0.39, 0.29) is 5.91 Å². The van der Waals surface area contributed by atoms with Crippen molar-refractivity contribution in [3.8, 4) is 11.1 Å². The van der Waals surface area contributed by atoms with Gasteiger partial charge in [0.05, 0.1) is 10.6 Å². The maximum absolute atomic E-state index is 14.1. The lowest BCUT2D eigenvalue weighted by molar-refractivity contribution is -0.117. The number of hydrogen-bond donors (Lipinski definition) is 1. The van der Waals surface area contributed by atoms with Crippen LogP contribution < -0.4 is 5.32 Å². The summed E-state index contributed by atoms with van der Waals surface area (Å²) in [6.45, 7) is 3.48. The average molecular weight is 378 g/mol. The minimum atomic E-state index is -0.562. The third-order valence-electron chi connectivity index (χ3n) is 4.06. The van der Waals surface area contributed by atoms with E-state index in [9.17, 15) is 9.18 Å². The fourth-order valence-corrected chi connectivity index (χ4v) is 4.06. The molecule has 0 bridgehead atoms. The van der Waals surface area contributed by atoms with Crippen LogP contribution in [0, 0.1) is 5.95 Å². The van der Waals surface area contributed by atoms with Gasteiger partial charge in [-0.05, 0) is 36.6 Å². The molecule has 1 aromatic heterocycles. The monoisotopic (exact) mass is 377 g/mol. The lowest BCUT2D eigenvalue weighted by Crippen LogP contribution is -2.34. The lowest BCUT2D eigenvalue weighted by Gasteiger charge is -2.31. The average Bonchev–Trinajstić information content (AvgIpc) is 2.57. The first-order valence-electron chi connectivity index (χ1n) is 7.79. The largest absolute Gasteiger partial charge is 0.306 e. The number of aliphatic imine (C=N–C) groups is 1. The van der Waals surface area contributed by atoms with Crippen molar-refractivity contribution in [3.63, 3.8) is 0 Å². The van der Waals surface area contributed by atoms with Crippen LogP contribution in [-0.2, 0) is 10.3 Å². The molecule has 2 heterocycles. The van der Waals surface area contributed by atoms with Gasteiger partial charge in [-0.25, -0.2) is 4.98 Å². The molecular formula is C18H17ClFN3OS. The smallest absolute Gasteiger partial charge is 0.222 e. The fourth-order valence-electron chi connectivity index (χ4n) is 2.73. The van der Waals surface area contributed by atoms with E-state index in [0.29, 0.717) is 21.3 Å². The van der Waals surface area contributed by atoms with Crippen LogP contribution >= 0.6 is 23.4 Å². The predicted molar refractivity (Wildman–Crippen MR) is 100 cm³/mol. The van der Waals surface area contributed by atoms with Gasteiger partial charge in [0.2, 0.25) is 11.9 Å². The van der Waals surface area contributed by atoms with E-state index in [0.717, 1.165) is 17.7 Å². The molecule has 1 unspecified atom stereocenters. The van der Waals surface area contributed by atoms with Crippen LogP contribution in [0.25, 0.3) is 11.1 Å². The Morgan fingerprint density at radius 2 is 2.20 bits per heavy atom. The van der Waals surface area contributed by atoms with Gasteiger partial charge in [-0.1, -0.05) is 41.6 Å². The zero-order valence-corrected chi connectivity index (χ0v) is 15.4. The van der Waals surface area contributed by atoms with Crippen LogP contribution in [0.5, 0.6) is 0 Å². The molecule has 0 fully saturated rings. The molecule has 1 N–H and O–H groups in total. The van der Waals surface area contributed by atoms with Gasteiger partial charge in [-0.2, -0.15) is 4.39 Å². The normalized spacial score (nSPS) is 20.1. The number of nitrogens with one attached hydrogen (secondary N) is 1. The molecule has 130 valence electrons. The van der Waals surface area contributed by atoms with Crippen LogP contribution in [-0.4, -0.2) is 21.8 Å². The number of carbonyl (C=O) groups is 1. The van der Waals surface area contributed by atoms with Crippen molar-refractivity contribution >= 4 is 34.4 Å². The minimum Gasteiger partial charge on any atom is -0.306 e. The molecular weight excluding hydrogens is 361 g/mol. The number of aromatic nitrogens is 1. The van der Waals surface area contributed by atoms with Crippen molar-refractivity contribution in [3.05, 3.63) is 53.1 Å². The highest BCUT2D eigenvalue weighted by Gasteiger charge is 2.30. The summed E-state index contributed by atoms with van der Waals surface area (Å²) in [6.07, 6.45) is 2.11. The van der Waals surface area contributed by atoms with Gasteiger partial charge in [0.1, 0.15) is 0 Å². The molecule has 1 aromatic carbocycles. The van der Waals surface area contributed by atoms with Crippen LogP contribution in [0.4, 0.5) is 4.39 Å². The molecule has 0 aliphatic carbocycles. The first-order valence-corrected chi connectivity index (χ1v) is 9.16. The Morgan fingerprint density at radius 1 is 1.40 bits per heavy atom. The topological polar surface area (TPSA) is 54.4 Å². The summed E-state index contributed by atoms with van der Waals surface area (Å²) in [7, 11) is 0. The van der Waals surface area contributed by atoms with Gasteiger partial charge >= 0.3 is 0 Å². The van der Waals surface area contributed by atoms with Crippen molar-refractivity contribution in [1.82, 2.24) is 10.3 Å². The molecule has 2 aromatic rings. The molecule has 1 amide bonds. The van der Waals surface area contributed by atoms with Crippen LogP contribution in [0.15, 0.2) is 41.5 Å². The highest BCUT2D eigenvalue weighted by molar-refractivity contribution is 8.13. The number of amides is 1. The third kappa shape index (κ3) is 4.02. The molecule has 0 spiro atoms. The molecule has 25 heavy (non-hydrogen) atoms. The lowest BCUT2D eigenvalue weighted by atomic mass is 9.88. The van der Waals surface area contributed by atoms with Gasteiger partial charge < -0.3 is 5.32 Å². The van der Waals surface area contributed by atoms with E-state index < -0.39 is 11.5 Å². The number of amidine groups is 1. The highest BCUT2D eigenvalue weighted by Crippen LogP contribution is 2.37. The van der Waals surface area contributed by atoms with Crippen molar-refractivity contribution < 1.29 is 9.18 Å². The summed E-state index contributed by atoms with van der Waals surface area (Å²) in [5.74, 6) is 0.136. The zero-order chi connectivity index (χ0) is 18.0. The molecule has 4 nitrogen and oxygen atoms in total. The molecule has 3 rings (SSSR count). The molecule has 7 heteroatoms. The molecule has 0 saturated carbocycles. The fraction of sp³-hybridized carbons (Fsp3) is 0.278. The SMILES string of the molecule is CC(=O)NC1=NC(C)(c2cccc(-c3cc(Cl)cnc3F)c2)CCS1. The van der Waals surface area contributed by atoms with E-state index in [4.69, 9.17) is 16.6 Å². The van der Waals surface area contributed by atoms with Gasteiger partial charge in [0.15, 0.2) is 5.17 Å². The molecule has 1 aliphatic heterocycles. The van der Waals surface area contributed by atoms with Crippen LogP contribution in [0.1, 0.15) is 25.8 Å². The second-order valence-corrected chi connectivity index (χ2v) is 7.56. The second-order valence-electron chi connectivity index (χ2n) is 6.04. The van der Waals surface area contributed by atoms with Crippen molar-refractivity contribution in [1.29, 1.82) is 0 Å². The predicted octanol–water partition coefficient (Wildman–Crippen LogP) is 4.39. The number of halogens is 2. The van der Waals surface area contributed by atoms with Gasteiger partial charge in [0, 0.05) is 24.4 Å². The van der Waals surface area contributed by atoms with Gasteiger partial charge in [-0.15, -0.1) is 0 Å². The maximum atomic E-state index is 14.1. The number of carbonyl (C=O) groups excluding carboxylic acids is 1. The van der Waals surface area contributed by atoms with E-state index >= 15 is 0 Å². The van der Waals surface area contributed by atoms with Gasteiger partial charge in [0.25, 0.3) is 0 Å². The summed E-state index contributed by atoms with van der Waals surface area (Å²) in [5, 5.41) is 3.75. The Bertz CT molecular complexity index is 858. The Labute approximate surface area is 154 Å². The molecule has 1 aliphatic rings. The Morgan fingerprint density at radius 3 is 2.96 bits per heavy atom. The molecule has 0 saturated heterocycles. The van der Waals surface area contributed by atoms with Crippen molar-refractivity contribution in [2.24, 2.45) is 4.99 Å². The van der Waals surface area contributed by atoms with Crippen molar-refractivity contribution in [2.75, 3.05) is 5.75 Å². The summed E-state index contributed by atoms with van der Waals surface area (Å²) >= 11 is 7.48. The Balaban J connectivity index is 2.01. The summed E-state index contributed by atoms with van der Waals surface area (Å²) in [4.78, 5) is 19.7. The highest BCUT2D eigenvalue weighted by atomic mass is 35.5. The minimum absolute atomic E-state index is 0.142. The van der Waals surface area contributed by atoms with Crippen LogP contribution in [0.3, 0.4) is 0 Å². The number of nitrogens with zero attached hydrogens (tertiary/aromatic N) is 2.